The second-order valence-corrected chi connectivity index (χ2v) is 7.06. The summed E-state index contributed by atoms with van der Waals surface area (Å²) in [6.45, 7) is 5.43. The van der Waals surface area contributed by atoms with Gasteiger partial charge in [0, 0.05) is 25.0 Å². The molecule has 8 nitrogen and oxygen atoms in total. The van der Waals surface area contributed by atoms with Crippen LogP contribution in [0.2, 0.25) is 0 Å². The number of amides is 3. The number of imide groups is 1. The predicted molar refractivity (Wildman–Crippen MR) is 79.4 cm³/mol. The Kier molecular flexibility index (Phi) is 3.19. The number of likely N-dealkylation sites (tertiary alicyclic amines) is 1. The molecule has 8 heteroatoms. The largest absolute Gasteiger partial charge is 0.338 e. The molecule has 1 N–H and O–H groups in total. The lowest BCUT2D eigenvalue weighted by molar-refractivity contribution is -0.132. The molecule has 1 saturated carbocycles. The zero-order valence-corrected chi connectivity index (χ0v) is 13.4. The summed E-state index contributed by atoms with van der Waals surface area (Å²) in [5, 5.41) is 6.90. The molecule has 0 unspecified atom stereocenters. The van der Waals surface area contributed by atoms with E-state index in [0.29, 0.717) is 31.3 Å². The molecule has 3 aliphatic rings. The Balaban J connectivity index is 1.44. The maximum atomic E-state index is 12.6. The van der Waals surface area contributed by atoms with Crippen molar-refractivity contribution in [3.63, 3.8) is 0 Å². The van der Waals surface area contributed by atoms with Gasteiger partial charge in [-0.2, -0.15) is 4.98 Å². The number of urea groups is 1. The SMILES string of the molecule is CC(C)N1C(=O)N[C@@]2(CCN(Cc3nc(C4CC4)no3)C2)C1=O. The number of hydrogen-bond acceptors (Lipinski definition) is 6. The highest BCUT2D eigenvalue weighted by Crippen LogP contribution is 2.38. The highest BCUT2D eigenvalue weighted by Gasteiger charge is 2.55. The van der Waals surface area contributed by atoms with Crippen LogP contribution in [0.5, 0.6) is 0 Å². The average molecular weight is 319 g/mol. The van der Waals surface area contributed by atoms with E-state index in [1.165, 1.54) is 4.90 Å². The molecule has 0 aromatic carbocycles. The Hall–Kier alpha value is -1.96. The van der Waals surface area contributed by atoms with Gasteiger partial charge in [-0.15, -0.1) is 0 Å². The Morgan fingerprint density at radius 1 is 1.39 bits per heavy atom. The molecule has 1 atom stereocenters. The molecule has 23 heavy (non-hydrogen) atoms. The molecule has 2 saturated heterocycles. The summed E-state index contributed by atoms with van der Waals surface area (Å²) >= 11 is 0. The van der Waals surface area contributed by atoms with Crippen molar-refractivity contribution < 1.29 is 14.1 Å². The molecule has 0 radical (unpaired) electrons. The molecule has 0 bridgehead atoms. The third kappa shape index (κ3) is 2.41. The van der Waals surface area contributed by atoms with Crippen LogP contribution in [0.4, 0.5) is 4.79 Å². The van der Waals surface area contributed by atoms with E-state index in [1.54, 1.807) is 0 Å². The van der Waals surface area contributed by atoms with Crippen molar-refractivity contribution >= 4 is 11.9 Å². The van der Waals surface area contributed by atoms with E-state index in [1.807, 2.05) is 13.8 Å². The van der Waals surface area contributed by atoms with E-state index in [0.717, 1.165) is 25.2 Å². The number of carbonyl (C=O) groups is 2. The number of rotatable bonds is 4. The monoisotopic (exact) mass is 319 g/mol. The molecule has 3 heterocycles. The first-order valence-electron chi connectivity index (χ1n) is 8.19. The summed E-state index contributed by atoms with van der Waals surface area (Å²) in [5.74, 6) is 1.73. The third-order valence-electron chi connectivity index (χ3n) is 4.84. The van der Waals surface area contributed by atoms with Gasteiger partial charge in [0.15, 0.2) is 5.82 Å². The van der Waals surface area contributed by atoms with Gasteiger partial charge in [-0.05, 0) is 33.1 Å². The fourth-order valence-electron chi connectivity index (χ4n) is 3.44. The Morgan fingerprint density at radius 2 is 2.17 bits per heavy atom. The zero-order chi connectivity index (χ0) is 16.2. The smallest absolute Gasteiger partial charge is 0.325 e. The van der Waals surface area contributed by atoms with Crippen molar-refractivity contribution in [2.75, 3.05) is 13.1 Å². The van der Waals surface area contributed by atoms with Gasteiger partial charge in [-0.1, -0.05) is 5.16 Å². The van der Waals surface area contributed by atoms with Gasteiger partial charge >= 0.3 is 6.03 Å². The maximum absolute atomic E-state index is 12.6. The van der Waals surface area contributed by atoms with Crippen LogP contribution in [0, 0.1) is 0 Å². The molecular weight excluding hydrogens is 298 g/mol. The van der Waals surface area contributed by atoms with Gasteiger partial charge in [0.05, 0.1) is 6.54 Å². The summed E-state index contributed by atoms with van der Waals surface area (Å²) in [5.41, 5.74) is -0.791. The Bertz CT molecular complexity index is 653. The first-order chi connectivity index (χ1) is 11.0. The van der Waals surface area contributed by atoms with Gasteiger partial charge in [-0.3, -0.25) is 14.6 Å². The summed E-state index contributed by atoms with van der Waals surface area (Å²) in [6, 6.07) is -0.423. The van der Waals surface area contributed by atoms with E-state index in [2.05, 4.69) is 20.4 Å². The van der Waals surface area contributed by atoms with Crippen LogP contribution in [0.1, 0.15) is 50.7 Å². The molecule has 3 fully saturated rings. The topological polar surface area (TPSA) is 91.6 Å². The molecule has 1 aromatic rings. The van der Waals surface area contributed by atoms with Gasteiger partial charge in [0.1, 0.15) is 5.54 Å². The van der Waals surface area contributed by atoms with Gasteiger partial charge in [0.2, 0.25) is 5.89 Å². The fraction of sp³-hybridized carbons (Fsp3) is 0.733. The van der Waals surface area contributed by atoms with Crippen LogP contribution in [-0.4, -0.2) is 56.5 Å². The Labute approximate surface area is 134 Å². The molecule has 1 spiro atoms. The first kappa shape index (κ1) is 14.6. The number of hydrogen-bond donors (Lipinski definition) is 1. The normalized spacial score (nSPS) is 28.4. The number of carbonyl (C=O) groups excluding carboxylic acids is 2. The zero-order valence-electron chi connectivity index (χ0n) is 13.4. The number of aromatic nitrogens is 2. The van der Waals surface area contributed by atoms with Crippen molar-refractivity contribution in [2.45, 2.75) is 57.2 Å². The predicted octanol–water partition coefficient (Wildman–Crippen LogP) is 0.852. The molecule has 3 amide bonds. The second-order valence-electron chi connectivity index (χ2n) is 7.06. The minimum absolute atomic E-state index is 0.121. The van der Waals surface area contributed by atoms with Gasteiger partial charge < -0.3 is 9.84 Å². The van der Waals surface area contributed by atoms with Gasteiger partial charge in [0.25, 0.3) is 5.91 Å². The standard InChI is InChI=1S/C15H21N5O3/c1-9(2)20-13(21)15(17-14(20)22)5-6-19(8-15)7-11-16-12(18-23-11)10-3-4-10/h9-10H,3-8H2,1-2H3,(H,17,22)/t15-/m1/s1. The second kappa shape index (κ2) is 5.02. The molecular formula is C15H21N5O3. The van der Waals surface area contributed by atoms with Gasteiger partial charge in [-0.25, -0.2) is 4.79 Å². The molecule has 1 aliphatic carbocycles. The highest BCUT2D eigenvalue weighted by atomic mass is 16.5. The minimum atomic E-state index is -0.791. The molecule has 4 rings (SSSR count). The van der Waals surface area contributed by atoms with Crippen LogP contribution in [0.3, 0.4) is 0 Å². The molecule has 124 valence electrons. The van der Waals surface area contributed by atoms with E-state index in [-0.39, 0.29) is 18.0 Å². The highest BCUT2D eigenvalue weighted by molar-refractivity contribution is 6.07. The first-order valence-corrected chi connectivity index (χ1v) is 8.19. The van der Waals surface area contributed by atoms with Crippen molar-refractivity contribution in [3.8, 4) is 0 Å². The average Bonchev–Trinajstić information content (AvgIpc) is 3.02. The van der Waals surface area contributed by atoms with E-state index < -0.39 is 5.54 Å². The van der Waals surface area contributed by atoms with E-state index in [9.17, 15) is 9.59 Å². The Morgan fingerprint density at radius 3 is 2.83 bits per heavy atom. The summed E-state index contributed by atoms with van der Waals surface area (Å²) in [7, 11) is 0. The maximum Gasteiger partial charge on any atom is 0.325 e. The van der Waals surface area contributed by atoms with Crippen molar-refractivity contribution in [2.24, 2.45) is 0 Å². The van der Waals surface area contributed by atoms with Crippen molar-refractivity contribution in [1.29, 1.82) is 0 Å². The lowest BCUT2D eigenvalue weighted by Crippen LogP contribution is -2.49. The van der Waals surface area contributed by atoms with E-state index >= 15 is 0 Å². The van der Waals surface area contributed by atoms with E-state index in [4.69, 9.17) is 4.52 Å². The molecule has 1 aromatic heterocycles. The number of nitrogens with zero attached hydrogens (tertiary/aromatic N) is 4. The minimum Gasteiger partial charge on any atom is -0.338 e. The van der Waals surface area contributed by atoms with Crippen molar-refractivity contribution in [1.82, 2.24) is 25.3 Å². The summed E-state index contributed by atoms with van der Waals surface area (Å²) < 4.78 is 5.30. The van der Waals surface area contributed by atoms with Crippen LogP contribution in [0.15, 0.2) is 4.52 Å². The van der Waals surface area contributed by atoms with Crippen LogP contribution in [0.25, 0.3) is 0 Å². The quantitative estimate of drug-likeness (QED) is 0.827. The van der Waals surface area contributed by atoms with Crippen LogP contribution >= 0.6 is 0 Å². The number of nitrogens with one attached hydrogen (secondary N) is 1. The third-order valence-corrected chi connectivity index (χ3v) is 4.84. The van der Waals surface area contributed by atoms with Crippen LogP contribution < -0.4 is 5.32 Å². The fourth-order valence-corrected chi connectivity index (χ4v) is 3.44. The summed E-state index contributed by atoms with van der Waals surface area (Å²) in [4.78, 5) is 32.6. The lowest BCUT2D eigenvalue weighted by Gasteiger charge is -2.22. The lowest BCUT2D eigenvalue weighted by atomic mass is 9.99. The van der Waals surface area contributed by atoms with Crippen LogP contribution in [-0.2, 0) is 11.3 Å². The summed E-state index contributed by atoms with van der Waals surface area (Å²) in [6.07, 6.45) is 2.89. The van der Waals surface area contributed by atoms with Crippen molar-refractivity contribution in [3.05, 3.63) is 11.7 Å². The molecule has 2 aliphatic heterocycles.